The molecule has 0 aliphatic rings. The summed E-state index contributed by atoms with van der Waals surface area (Å²) in [4.78, 5) is 12.1. The van der Waals surface area contributed by atoms with Crippen LogP contribution in [-0.4, -0.2) is 38.7 Å². The number of nitrogens with zero attached hydrogens (tertiary/aromatic N) is 3. The van der Waals surface area contributed by atoms with E-state index in [1.54, 1.807) is 18.1 Å². The summed E-state index contributed by atoms with van der Waals surface area (Å²) in [5.41, 5.74) is 7.50. The van der Waals surface area contributed by atoms with Crippen LogP contribution in [0.3, 0.4) is 0 Å². The Hall–Kier alpha value is -1.28. The molecule has 2 aromatic rings. The van der Waals surface area contributed by atoms with Crippen LogP contribution in [0.1, 0.15) is 13.3 Å². The average Bonchev–Trinajstić information content (AvgIpc) is 3.01. The van der Waals surface area contributed by atoms with Gasteiger partial charge in [-0.05, 0) is 37.5 Å². The van der Waals surface area contributed by atoms with E-state index in [4.69, 9.17) is 5.73 Å². The molecule has 2 rings (SSSR count). The number of carbonyl (C=O) groups is 1. The van der Waals surface area contributed by atoms with E-state index in [-0.39, 0.29) is 30.7 Å². The van der Waals surface area contributed by atoms with Crippen molar-refractivity contribution >= 4 is 48.2 Å². The predicted octanol–water partition coefficient (Wildman–Crippen LogP) is 2.83. The summed E-state index contributed by atoms with van der Waals surface area (Å²) in [5, 5.41) is 10.9. The number of hydrogen-bond acceptors (Lipinski definition) is 5. The zero-order chi connectivity index (χ0) is 15.9. The van der Waals surface area contributed by atoms with Gasteiger partial charge in [-0.15, -0.1) is 35.0 Å². The Bertz CT molecular complexity index is 638. The number of thioether (sulfide) groups is 1. The van der Waals surface area contributed by atoms with Crippen LogP contribution in [0, 0.1) is 0 Å². The quantitative estimate of drug-likeness (QED) is 0.757. The third-order valence-electron chi connectivity index (χ3n) is 3.31. The molecule has 0 radical (unpaired) electrons. The van der Waals surface area contributed by atoms with E-state index in [1.165, 1.54) is 0 Å². The van der Waals surface area contributed by atoms with E-state index in [2.05, 4.69) is 15.5 Å². The highest BCUT2D eigenvalue weighted by Gasteiger charge is 2.14. The number of aromatic nitrogens is 3. The molecule has 6 nitrogen and oxygen atoms in total. The third kappa shape index (κ3) is 5.98. The topological polar surface area (TPSA) is 85.8 Å². The second-order valence-corrected chi connectivity index (χ2v) is 5.88. The lowest BCUT2D eigenvalue weighted by Crippen LogP contribution is -2.36. The first-order chi connectivity index (χ1) is 10.7. The number of halogens is 2. The summed E-state index contributed by atoms with van der Waals surface area (Å²) < 4.78 is 1.95. The standard InChI is InChI=1S/C15H21N5OS.2ClH/c1-3-20-10-17-19-14(20)11-5-4-6-12(9-11)18-15(21)13(16)7-8-22-2;;/h4-6,9-10,13H,3,7-8,16H2,1-2H3,(H,18,21);2*1H/t13-;;/m0../s1. The Kier molecular flexibility index (Phi) is 10.7. The molecule has 0 aliphatic heterocycles. The molecule has 9 heteroatoms. The Morgan fingerprint density at radius 2 is 2.17 bits per heavy atom. The Balaban J connectivity index is 0.00000264. The fraction of sp³-hybridized carbons (Fsp3) is 0.400. The fourth-order valence-electron chi connectivity index (χ4n) is 2.06. The molecule has 3 N–H and O–H groups in total. The number of anilines is 1. The second kappa shape index (κ2) is 11.3. The van der Waals surface area contributed by atoms with E-state index >= 15 is 0 Å². The van der Waals surface area contributed by atoms with Crippen LogP contribution in [0.2, 0.25) is 0 Å². The molecule has 24 heavy (non-hydrogen) atoms. The second-order valence-electron chi connectivity index (χ2n) is 4.90. The van der Waals surface area contributed by atoms with Crippen molar-refractivity contribution in [1.82, 2.24) is 14.8 Å². The van der Waals surface area contributed by atoms with Crippen LogP contribution in [0.15, 0.2) is 30.6 Å². The zero-order valence-corrected chi connectivity index (χ0v) is 16.1. The Morgan fingerprint density at radius 3 is 2.83 bits per heavy atom. The highest BCUT2D eigenvalue weighted by Crippen LogP contribution is 2.20. The lowest BCUT2D eigenvalue weighted by Gasteiger charge is -2.12. The number of nitrogens with two attached hydrogens (primary N) is 1. The third-order valence-corrected chi connectivity index (χ3v) is 3.96. The average molecular weight is 392 g/mol. The van der Waals surface area contributed by atoms with Gasteiger partial charge in [0.05, 0.1) is 6.04 Å². The van der Waals surface area contributed by atoms with Crippen LogP contribution in [0.25, 0.3) is 11.4 Å². The van der Waals surface area contributed by atoms with Crippen molar-refractivity contribution in [2.75, 3.05) is 17.3 Å². The molecular formula is C15H23Cl2N5OS. The number of aryl methyl sites for hydroxylation is 1. The van der Waals surface area contributed by atoms with Gasteiger partial charge in [-0.1, -0.05) is 12.1 Å². The van der Waals surface area contributed by atoms with Gasteiger partial charge in [0.2, 0.25) is 5.91 Å². The molecule has 0 saturated carbocycles. The minimum atomic E-state index is -0.490. The molecule has 1 atom stereocenters. The summed E-state index contributed by atoms with van der Waals surface area (Å²) in [6.45, 7) is 2.82. The lowest BCUT2D eigenvalue weighted by molar-refractivity contribution is -0.117. The monoisotopic (exact) mass is 391 g/mol. The molecule has 0 spiro atoms. The predicted molar refractivity (Wildman–Crippen MR) is 105 cm³/mol. The number of hydrogen-bond donors (Lipinski definition) is 2. The highest BCUT2D eigenvalue weighted by atomic mass is 35.5. The molecule has 134 valence electrons. The van der Waals surface area contributed by atoms with Crippen LogP contribution in [0.4, 0.5) is 5.69 Å². The molecular weight excluding hydrogens is 369 g/mol. The molecule has 0 unspecified atom stereocenters. The van der Waals surface area contributed by atoms with E-state index in [0.717, 1.165) is 23.7 Å². The lowest BCUT2D eigenvalue weighted by atomic mass is 10.1. The van der Waals surface area contributed by atoms with Gasteiger partial charge in [-0.2, -0.15) is 11.8 Å². The van der Waals surface area contributed by atoms with Gasteiger partial charge in [0.15, 0.2) is 5.82 Å². The molecule has 1 aromatic carbocycles. The first kappa shape index (κ1) is 22.7. The van der Waals surface area contributed by atoms with Crippen LogP contribution >= 0.6 is 36.6 Å². The van der Waals surface area contributed by atoms with Gasteiger partial charge in [-0.25, -0.2) is 0 Å². The van der Waals surface area contributed by atoms with Crippen molar-refractivity contribution in [3.8, 4) is 11.4 Å². The molecule has 0 bridgehead atoms. The maximum Gasteiger partial charge on any atom is 0.241 e. The first-order valence-electron chi connectivity index (χ1n) is 7.19. The van der Waals surface area contributed by atoms with Gasteiger partial charge in [0, 0.05) is 17.8 Å². The Labute approximate surface area is 158 Å². The van der Waals surface area contributed by atoms with Gasteiger partial charge >= 0.3 is 0 Å². The number of benzene rings is 1. The molecule has 0 saturated heterocycles. The van der Waals surface area contributed by atoms with Gasteiger partial charge < -0.3 is 15.6 Å². The number of carbonyl (C=O) groups excluding carboxylic acids is 1. The summed E-state index contributed by atoms with van der Waals surface area (Å²) in [5.74, 6) is 1.49. The maximum atomic E-state index is 12.1. The minimum Gasteiger partial charge on any atom is -0.325 e. The highest BCUT2D eigenvalue weighted by molar-refractivity contribution is 7.98. The number of rotatable bonds is 7. The summed E-state index contributed by atoms with van der Waals surface area (Å²) in [7, 11) is 0. The summed E-state index contributed by atoms with van der Waals surface area (Å²) in [6.07, 6.45) is 4.35. The van der Waals surface area contributed by atoms with Crippen LogP contribution < -0.4 is 11.1 Å². The first-order valence-corrected chi connectivity index (χ1v) is 8.58. The smallest absolute Gasteiger partial charge is 0.241 e. The van der Waals surface area contributed by atoms with Gasteiger partial charge in [0.1, 0.15) is 6.33 Å². The molecule has 0 fully saturated rings. The summed E-state index contributed by atoms with van der Waals surface area (Å²) >= 11 is 1.68. The maximum absolute atomic E-state index is 12.1. The zero-order valence-electron chi connectivity index (χ0n) is 13.6. The van der Waals surface area contributed by atoms with Crippen molar-refractivity contribution in [3.63, 3.8) is 0 Å². The minimum absolute atomic E-state index is 0. The van der Waals surface area contributed by atoms with Crippen molar-refractivity contribution < 1.29 is 4.79 Å². The SMILES string of the molecule is CCn1cnnc1-c1cccc(NC(=O)[C@@H](N)CCSC)c1.Cl.Cl. The molecule has 1 aromatic heterocycles. The largest absolute Gasteiger partial charge is 0.325 e. The number of amides is 1. The molecule has 1 heterocycles. The van der Waals surface area contributed by atoms with E-state index in [1.807, 2.05) is 42.0 Å². The van der Waals surface area contributed by atoms with Crippen LogP contribution in [0.5, 0.6) is 0 Å². The van der Waals surface area contributed by atoms with E-state index in [9.17, 15) is 4.79 Å². The van der Waals surface area contributed by atoms with Gasteiger partial charge in [0.25, 0.3) is 0 Å². The van der Waals surface area contributed by atoms with Crippen molar-refractivity contribution in [1.29, 1.82) is 0 Å². The number of nitrogens with one attached hydrogen (secondary N) is 1. The van der Waals surface area contributed by atoms with Crippen molar-refractivity contribution in [2.45, 2.75) is 25.9 Å². The summed E-state index contributed by atoms with van der Waals surface area (Å²) in [6, 6.07) is 7.06. The molecule has 0 aliphatic carbocycles. The van der Waals surface area contributed by atoms with Crippen molar-refractivity contribution in [2.24, 2.45) is 5.73 Å². The fourth-order valence-corrected chi connectivity index (χ4v) is 2.55. The molecule has 1 amide bonds. The van der Waals surface area contributed by atoms with E-state index < -0.39 is 6.04 Å². The van der Waals surface area contributed by atoms with Crippen molar-refractivity contribution in [3.05, 3.63) is 30.6 Å². The van der Waals surface area contributed by atoms with Gasteiger partial charge in [-0.3, -0.25) is 4.79 Å². The van der Waals surface area contributed by atoms with Crippen LogP contribution in [-0.2, 0) is 11.3 Å². The Morgan fingerprint density at radius 1 is 1.42 bits per heavy atom. The normalized spacial score (nSPS) is 11.1. The van der Waals surface area contributed by atoms with E-state index in [0.29, 0.717) is 12.1 Å².